The maximum atomic E-state index is 12.4. The molecule has 0 radical (unpaired) electrons. The van der Waals surface area contributed by atoms with Crippen LogP contribution < -0.4 is 63.8 Å². The molecule has 4 aliphatic heterocycles. The molecule has 8 N–H and O–H groups in total. The van der Waals surface area contributed by atoms with E-state index in [1.54, 1.807) is 121 Å². The first-order chi connectivity index (χ1) is 46.5. The molecule has 4 aliphatic rings. The van der Waals surface area contributed by atoms with Crippen molar-refractivity contribution < 1.29 is 95.7 Å². The van der Waals surface area contributed by atoms with Crippen LogP contribution in [0.25, 0.3) is 0 Å². The molecule has 12 rings (SSSR count). The van der Waals surface area contributed by atoms with Crippen molar-refractivity contribution in [1.82, 2.24) is 38.2 Å². The minimum atomic E-state index is -0.909. The van der Waals surface area contributed by atoms with Crippen molar-refractivity contribution in [3.63, 3.8) is 0 Å². The second-order valence-corrected chi connectivity index (χ2v) is 19.5. The predicted octanol–water partition coefficient (Wildman–Crippen LogP) is 3.26. The maximum Gasteiger partial charge on any atom is 0.514 e. The standard InChI is InChI=1S/C22H19N3O8.2C15H15N3O6.C8H11N3O4/c26-20-23-17(24-21(27)31-15-7-3-1-4-8-15)11-12-25(20)18-13-29-19(33-18)14-30-22(28)32-16-9-5-2-6-10-16;19-8-13-22-9-12(24-13)18-7-6-11(16-14(18)20)17-15(21)23-10-4-2-1-3-5-10;16-11-6-7-18(14(19)17-11)12-8-21-13(24-12)9-22-15(20)23-10-4-2-1-3-5-10;9-5-1-2-11(8(13)10-5)6-4-14-7(3-12)15-6/h1-12,18-19H,13-14H2,(H,23,24,26,27);1-7,12-13,19H,8-9H2,(H,16,17,20,21);1-7,12-13H,8-9H2,(H2,16,17,19);1-2,6-7,12H,3-4H2,(H2,9,10,13)/t18-,19-;2*12-,13-;6-,7-/m0000/s1. The summed E-state index contributed by atoms with van der Waals surface area (Å²) in [6, 6.07) is 39.7. The van der Waals surface area contributed by atoms with E-state index in [-0.39, 0.29) is 76.1 Å². The summed E-state index contributed by atoms with van der Waals surface area (Å²) in [6.45, 7) is -0.461. The van der Waals surface area contributed by atoms with Crippen molar-refractivity contribution >= 4 is 47.8 Å². The number of nitrogen functional groups attached to an aromatic ring is 2. The summed E-state index contributed by atoms with van der Waals surface area (Å²) in [4.78, 5) is 109. The fourth-order valence-electron chi connectivity index (χ4n) is 8.37. The summed E-state index contributed by atoms with van der Waals surface area (Å²) in [5.41, 5.74) is 8.43. The van der Waals surface area contributed by atoms with Gasteiger partial charge < -0.3 is 88.0 Å². The first-order valence-electron chi connectivity index (χ1n) is 28.6. The number of aliphatic hydroxyl groups is 2. The largest absolute Gasteiger partial charge is 0.514 e. The highest BCUT2D eigenvalue weighted by Crippen LogP contribution is 2.24. The number of nitrogens with one attached hydrogen (secondary N) is 2. The molecule has 0 aliphatic carbocycles. The number of hydrogen-bond donors (Lipinski definition) is 6. The molecule has 0 spiro atoms. The van der Waals surface area contributed by atoms with Gasteiger partial charge in [0.05, 0.1) is 39.6 Å². The van der Waals surface area contributed by atoms with Gasteiger partial charge in [0, 0.05) is 24.8 Å². The van der Waals surface area contributed by atoms with Crippen LogP contribution in [-0.2, 0) is 47.4 Å². The number of aromatic nitrogens is 8. The lowest BCUT2D eigenvalue weighted by Gasteiger charge is -2.14. The molecular formula is C60H60N12O24. The zero-order valence-electron chi connectivity index (χ0n) is 50.0. The second kappa shape index (κ2) is 34.5. The van der Waals surface area contributed by atoms with Gasteiger partial charge in [-0.15, -0.1) is 0 Å². The van der Waals surface area contributed by atoms with Crippen LogP contribution in [0.2, 0.25) is 0 Å². The van der Waals surface area contributed by atoms with Gasteiger partial charge in [-0.05, 0) is 72.8 Å². The fourth-order valence-corrected chi connectivity index (χ4v) is 8.37. The van der Waals surface area contributed by atoms with E-state index in [1.807, 2.05) is 0 Å². The minimum Gasteiger partial charge on any atom is -0.429 e. The Kier molecular flexibility index (Phi) is 24.8. The first-order valence-corrected chi connectivity index (χ1v) is 28.6. The Morgan fingerprint density at radius 1 is 0.406 bits per heavy atom. The van der Waals surface area contributed by atoms with Crippen LogP contribution >= 0.6 is 0 Å². The summed E-state index contributed by atoms with van der Waals surface area (Å²) < 4.78 is 77.5. The summed E-state index contributed by atoms with van der Waals surface area (Å²) in [5.74, 6) is 1.78. The highest BCUT2D eigenvalue weighted by atomic mass is 16.8. The van der Waals surface area contributed by atoms with Crippen LogP contribution in [0.3, 0.4) is 0 Å². The van der Waals surface area contributed by atoms with Crippen molar-refractivity contribution in [1.29, 1.82) is 0 Å². The summed E-state index contributed by atoms with van der Waals surface area (Å²) in [6.07, 6.45) is -3.37. The zero-order valence-corrected chi connectivity index (χ0v) is 50.0. The van der Waals surface area contributed by atoms with Crippen LogP contribution in [-0.4, -0.2) is 151 Å². The third kappa shape index (κ3) is 20.8. The number of carbonyl (C=O) groups is 4. The molecule has 8 atom stereocenters. The van der Waals surface area contributed by atoms with Gasteiger partial charge in [-0.2, -0.15) is 19.9 Å². The molecule has 8 aromatic rings. The molecule has 4 aromatic heterocycles. The van der Waals surface area contributed by atoms with Crippen molar-refractivity contribution in [2.24, 2.45) is 0 Å². The fraction of sp³-hybridized carbons (Fsp3) is 0.267. The number of carbonyl (C=O) groups excluding carboxylic acids is 4. The lowest BCUT2D eigenvalue weighted by atomic mass is 10.3. The minimum absolute atomic E-state index is 0.0136. The first kappa shape index (κ1) is 69.0. The van der Waals surface area contributed by atoms with E-state index in [2.05, 4.69) is 30.6 Å². The Hall–Kier alpha value is -11.3. The van der Waals surface area contributed by atoms with Crippen LogP contribution in [0.4, 0.5) is 42.4 Å². The molecular weight excluding hydrogens is 1270 g/mol. The summed E-state index contributed by atoms with van der Waals surface area (Å²) in [7, 11) is 0. The van der Waals surface area contributed by atoms with Gasteiger partial charge in [0.1, 0.15) is 59.5 Å². The Labute approximate surface area is 540 Å². The lowest BCUT2D eigenvalue weighted by molar-refractivity contribution is -0.105. The van der Waals surface area contributed by atoms with Crippen LogP contribution in [0.1, 0.15) is 24.9 Å². The van der Waals surface area contributed by atoms with E-state index in [4.69, 9.17) is 88.0 Å². The molecule has 36 nitrogen and oxygen atoms in total. The second-order valence-electron chi connectivity index (χ2n) is 19.5. The molecule has 2 amide bonds. The SMILES string of the molecule is Nc1ccn([C@@H]2CO[C@H](CO)O2)c(=O)n1.Nc1ccn([C@@H]2CO[C@H](COC(=O)Oc3ccccc3)O2)c(=O)n1.O=C(Nc1ccn([C@@H]2CO[C@H](CO)O2)c(=O)n1)Oc1ccccc1.O=C(Nc1ccn([C@@H]2CO[C@H](COC(=O)Oc3ccccc3)O2)c(=O)n1)Oc1ccccc1. The van der Waals surface area contributed by atoms with E-state index in [1.165, 1.54) is 67.3 Å². The number of anilines is 4. The van der Waals surface area contributed by atoms with Gasteiger partial charge >= 0.3 is 47.3 Å². The monoisotopic (exact) mass is 1330 g/mol. The van der Waals surface area contributed by atoms with Crippen molar-refractivity contribution in [3.8, 4) is 23.0 Å². The van der Waals surface area contributed by atoms with Gasteiger partial charge in [-0.3, -0.25) is 28.9 Å². The number of nitrogens with zero attached hydrogens (tertiary/aromatic N) is 8. The van der Waals surface area contributed by atoms with Crippen molar-refractivity contribution in [3.05, 3.63) is 212 Å². The third-order valence-corrected chi connectivity index (χ3v) is 12.8. The smallest absolute Gasteiger partial charge is 0.429 e. The topological polar surface area (TPSA) is 454 Å². The average molecular weight is 1330 g/mol. The van der Waals surface area contributed by atoms with Gasteiger partial charge in [0.25, 0.3) is 0 Å². The molecule has 0 bridgehead atoms. The van der Waals surface area contributed by atoms with E-state index in [0.29, 0.717) is 23.0 Å². The Morgan fingerprint density at radius 2 is 0.688 bits per heavy atom. The Morgan fingerprint density at radius 3 is 0.979 bits per heavy atom. The molecule has 4 saturated heterocycles. The average Bonchev–Trinajstić information content (AvgIpc) is 1.65. The van der Waals surface area contributed by atoms with E-state index in [0.717, 1.165) is 0 Å². The molecule has 504 valence electrons. The Balaban J connectivity index is 0.000000155. The number of para-hydroxylation sites is 4. The zero-order chi connectivity index (χ0) is 67.8. The molecule has 36 heteroatoms. The normalized spacial score (nSPS) is 19.9. The number of ether oxygens (including phenoxy) is 14. The highest BCUT2D eigenvalue weighted by Gasteiger charge is 2.32. The van der Waals surface area contributed by atoms with Gasteiger partial charge in [0.15, 0.2) is 50.1 Å². The number of benzene rings is 4. The number of amides is 2. The molecule has 0 saturated carbocycles. The van der Waals surface area contributed by atoms with E-state index >= 15 is 0 Å². The number of aliphatic hydroxyl groups excluding tert-OH is 2. The molecule has 4 fully saturated rings. The quantitative estimate of drug-likeness (QED) is 0.0597. The van der Waals surface area contributed by atoms with Crippen LogP contribution in [0, 0.1) is 0 Å². The van der Waals surface area contributed by atoms with Gasteiger partial charge in [0.2, 0.25) is 0 Å². The number of nitrogens with two attached hydrogens (primary N) is 2. The number of hydrogen-bond acceptors (Lipinski definition) is 30. The van der Waals surface area contributed by atoms with Gasteiger partial charge in [-0.1, -0.05) is 72.8 Å². The van der Waals surface area contributed by atoms with Gasteiger partial charge in [-0.25, -0.2) is 38.4 Å². The molecule has 4 aromatic carbocycles. The predicted molar refractivity (Wildman–Crippen MR) is 325 cm³/mol. The van der Waals surface area contributed by atoms with Crippen LogP contribution in [0.5, 0.6) is 23.0 Å². The van der Waals surface area contributed by atoms with Crippen molar-refractivity contribution in [2.45, 2.75) is 50.1 Å². The third-order valence-electron chi connectivity index (χ3n) is 12.8. The van der Waals surface area contributed by atoms with E-state index < -0.39 is 97.3 Å². The molecule has 0 unspecified atom stereocenters. The summed E-state index contributed by atoms with van der Waals surface area (Å²) in [5, 5.41) is 22.5. The molecule has 8 heterocycles. The molecule has 96 heavy (non-hydrogen) atoms. The van der Waals surface area contributed by atoms with Crippen molar-refractivity contribution in [2.75, 3.05) is 75.0 Å². The van der Waals surface area contributed by atoms with E-state index in [9.17, 15) is 38.4 Å². The maximum absolute atomic E-state index is 12.4. The highest BCUT2D eigenvalue weighted by molar-refractivity contribution is 5.85. The summed E-state index contributed by atoms with van der Waals surface area (Å²) >= 11 is 0. The van der Waals surface area contributed by atoms with Crippen LogP contribution in [0.15, 0.2) is 190 Å². The lowest BCUT2D eigenvalue weighted by Crippen LogP contribution is -2.30. The number of rotatable bonds is 16. The Bertz CT molecular complexity index is 4100.